The van der Waals surface area contributed by atoms with E-state index in [-0.39, 0.29) is 23.0 Å². The van der Waals surface area contributed by atoms with Gasteiger partial charge in [0.2, 0.25) is 10.0 Å². The highest BCUT2D eigenvalue weighted by atomic mass is 32.2. The molecule has 1 N–H and O–H groups in total. The number of sulfone groups is 1. The molecule has 0 aliphatic heterocycles. The van der Waals surface area contributed by atoms with Crippen LogP contribution >= 0.6 is 0 Å². The maximum Gasteiger partial charge on any atom is 0.211 e. The van der Waals surface area contributed by atoms with Crippen LogP contribution in [0.1, 0.15) is 35.5 Å². The molecule has 0 amide bonds. The summed E-state index contributed by atoms with van der Waals surface area (Å²) in [5.74, 6) is 0.152. The van der Waals surface area contributed by atoms with Crippen LogP contribution in [-0.2, 0) is 19.9 Å². The number of furan rings is 1. The van der Waals surface area contributed by atoms with Crippen molar-refractivity contribution in [3.05, 3.63) is 53.5 Å². The summed E-state index contributed by atoms with van der Waals surface area (Å²) in [5, 5.41) is -1.13. The zero-order valence-electron chi connectivity index (χ0n) is 14.5. The van der Waals surface area contributed by atoms with Crippen molar-refractivity contribution < 1.29 is 21.3 Å². The minimum atomic E-state index is -3.82. The topological polar surface area (TPSA) is 93.4 Å². The second-order valence-electron chi connectivity index (χ2n) is 5.96. The number of aryl methyl sites for hydroxylation is 2. The molecule has 2 aromatic rings. The standard InChI is InChI=1S/C17H23NO5S2/c1-4-10-24(19,20)18-12-17(16-6-5-9-23-16)25(21,22)15-8-7-13(2)14(3)11-15/h5-9,11,17-18H,4,10,12H2,1-3H3/t17-/m1/s1. The van der Waals surface area contributed by atoms with Gasteiger partial charge in [-0.2, -0.15) is 0 Å². The average Bonchev–Trinajstić information content (AvgIpc) is 3.03. The van der Waals surface area contributed by atoms with Crippen molar-refractivity contribution in [2.75, 3.05) is 12.3 Å². The van der Waals surface area contributed by atoms with Crippen LogP contribution in [0, 0.1) is 13.8 Å². The molecule has 1 aromatic heterocycles. The second kappa shape index (κ2) is 7.72. The fourth-order valence-electron chi connectivity index (χ4n) is 2.44. The van der Waals surface area contributed by atoms with E-state index >= 15 is 0 Å². The van der Waals surface area contributed by atoms with E-state index in [2.05, 4.69) is 4.72 Å². The van der Waals surface area contributed by atoms with Crippen molar-refractivity contribution in [3.63, 3.8) is 0 Å². The number of hydrogen-bond donors (Lipinski definition) is 1. The molecule has 1 aromatic carbocycles. The molecular formula is C17H23NO5S2. The Kier molecular flexibility index (Phi) is 6.08. The van der Waals surface area contributed by atoms with Crippen molar-refractivity contribution in [2.24, 2.45) is 0 Å². The summed E-state index contributed by atoms with van der Waals surface area (Å²) in [4.78, 5) is 0.145. The summed E-state index contributed by atoms with van der Waals surface area (Å²) < 4.78 is 57.7. The van der Waals surface area contributed by atoms with Gasteiger partial charge in [-0.1, -0.05) is 13.0 Å². The Bertz CT molecular complexity index is 916. The van der Waals surface area contributed by atoms with Gasteiger partial charge in [0.1, 0.15) is 11.0 Å². The van der Waals surface area contributed by atoms with Crippen LogP contribution < -0.4 is 4.72 Å². The summed E-state index contributed by atoms with van der Waals surface area (Å²) in [6, 6.07) is 7.99. The SMILES string of the molecule is CCCS(=O)(=O)NC[C@H](c1ccco1)S(=O)(=O)c1ccc(C)c(C)c1. The molecule has 138 valence electrons. The summed E-state index contributed by atoms with van der Waals surface area (Å²) in [6.45, 7) is 5.20. The van der Waals surface area contributed by atoms with E-state index in [1.807, 2.05) is 13.8 Å². The van der Waals surface area contributed by atoms with Gasteiger partial charge in [0.25, 0.3) is 0 Å². The maximum absolute atomic E-state index is 13.1. The highest BCUT2D eigenvalue weighted by Crippen LogP contribution is 2.30. The molecule has 25 heavy (non-hydrogen) atoms. The molecule has 0 saturated carbocycles. The van der Waals surface area contributed by atoms with E-state index in [0.717, 1.165) is 11.1 Å². The molecule has 6 nitrogen and oxygen atoms in total. The lowest BCUT2D eigenvalue weighted by Gasteiger charge is -2.17. The van der Waals surface area contributed by atoms with E-state index in [1.54, 1.807) is 25.1 Å². The monoisotopic (exact) mass is 385 g/mol. The predicted molar refractivity (Wildman–Crippen MR) is 96.6 cm³/mol. The highest BCUT2D eigenvalue weighted by Gasteiger charge is 2.32. The number of rotatable bonds is 8. The van der Waals surface area contributed by atoms with E-state index in [1.165, 1.54) is 18.4 Å². The third-order valence-electron chi connectivity index (χ3n) is 4.00. The van der Waals surface area contributed by atoms with E-state index < -0.39 is 25.1 Å². The number of sulfonamides is 1. The first-order chi connectivity index (χ1) is 11.7. The van der Waals surface area contributed by atoms with Crippen LogP contribution in [0.25, 0.3) is 0 Å². The Labute approximate surface area is 149 Å². The molecule has 1 atom stereocenters. The van der Waals surface area contributed by atoms with Gasteiger partial charge in [0.15, 0.2) is 9.84 Å². The molecule has 8 heteroatoms. The smallest absolute Gasteiger partial charge is 0.211 e. The summed E-state index contributed by atoms with van der Waals surface area (Å²) in [5.41, 5.74) is 1.84. The molecule has 0 radical (unpaired) electrons. The van der Waals surface area contributed by atoms with Crippen molar-refractivity contribution in [1.82, 2.24) is 4.72 Å². The van der Waals surface area contributed by atoms with Crippen molar-refractivity contribution in [3.8, 4) is 0 Å². The largest absolute Gasteiger partial charge is 0.468 e. The van der Waals surface area contributed by atoms with Crippen molar-refractivity contribution in [2.45, 2.75) is 37.3 Å². The van der Waals surface area contributed by atoms with E-state index in [9.17, 15) is 16.8 Å². The van der Waals surface area contributed by atoms with Crippen molar-refractivity contribution >= 4 is 19.9 Å². The minimum absolute atomic E-state index is 0.0540. The molecule has 0 aliphatic rings. The van der Waals surface area contributed by atoms with Gasteiger partial charge in [0, 0.05) is 6.54 Å². The van der Waals surface area contributed by atoms with Gasteiger partial charge in [-0.15, -0.1) is 0 Å². The molecule has 0 aliphatic carbocycles. The quantitative estimate of drug-likeness (QED) is 0.754. The second-order valence-corrected chi connectivity index (χ2v) is 10.0. The Hall–Kier alpha value is -1.64. The normalized spacial score (nSPS) is 13.7. The van der Waals surface area contributed by atoms with Crippen LogP contribution in [0.4, 0.5) is 0 Å². The zero-order valence-corrected chi connectivity index (χ0v) is 16.2. The van der Waals surface area contributed by atoms with Gasteiger partial charge in [-0.25, -0.2) is 21.6 Å². The van der Waals surface area contributed by atoms with Gasteiger partial charge >= 0.3 is 0 Å². The zero-order chi connectivity index (χ0) is 18.7. The number of nitrogens with one attached hydrogen (secondary N) is 1. The third kappa shape index (κ3) is 4.71. The van der Waals surface area contributed by atoms with Crippen LogP contribution in [0.5, 0.6) is 0 Å². The van der Waals surface area contributed by atoms with Crippen LogP contribution in [0.3, 0.4) is 0 Å². The van der Waals surface area contributed by atoms with E-state index in [0.29, 0.717) is 6.42 Å². The molecule has 2 rings (SSSR count). The van der Waals surface area contributed by atoms with Crippen LogP contribution in [0.15, 0.2) is 45.9 Å². The Morgan fingerprint density at radius 2 is 1.80 bits per heavy atom. The first-order valence-corrected chi connectivity index (χ1v) is 11.2. The Morgan fingerprint density at radius 1 is 1.08 bits per heavy atom. The Balaban J connectivity index is 2.39. The van der Waals surface area contributed by atoms with Gasteiger partial charge < -0.3 is 4.42 Å². The summed E-state index contributed by atoms with van der Waals surface area (Å²) in [7, 11) is -7.35. The highest BCUT2D eigenvalue weighted by molar-refractivity contribution is 7.92. The van der Waals surface area contributed by atoms with Crippen LogP contribution in [0.2, 0.25) is 0 Å². The molecule has 0 bridgehead atoms. The molecular weight excluding hydrogens is 362 g/mol. The average molecular weight is 386 g/mol. The van der Waals surface area contributed by atoms with Gasteiger partial charge in [-0.3, -0.25) is 0 Å². The summed E-state index contributed by atoms with van der Waals surface area (Å²) in [6.07, 6.45) is 1.82. The fraction of sp³-hybridized carbons (Fsp3) is 0.412. The Morgan fingerprint density at radius 3 is 2.36 bits per heavy atom. The summed E-state index contributed by atoms with van der Waals surface area (Å²) >= 11 is 0. The van der Waals surface area contributed by atoms with Crippen LogP contribution in [-0.4, -0.2) is 29.1 Å². The predicted octanol–water partition coefficient (Wildman–Crippen LogP) is 2.74. The lowest BCUT2D eigenvalue weighted by Crippen LogP contribution is -2.33. The first kappa shape index (κ1) is 19.7. The number of hydrogen-bond acceptors (Lipinski definition) is 5. The third-order valence-corrected chi connectivity index (χ3v) is 7.61. The molecule has 1 heterocycles. The first-order valence-electron chi connectivity index (χ1n) is 7.99. The molecule has 0 unspecified atom stereocenters. The molecule has 0 saturated heterocycles. The molecule has 0 spiro atoms. The minimum Gasteiger partial charge on any atom is -0.468 e. The van der Waals surface area contributed by atoms with Gasteiger partial charge in [-0.05, 0) is 55.7 Å². The van der Waals surface area contributed by atoms with Crippen molar-refractivity contribution in [1.29, 1.82) is 0 Å². The maximum atomic E-state index is 13.1. The fourth-order valence-corrected chi connectivity index (χ4v) is 5.31. The van der Waals surface area contributed by atoms with E-state index in [4.69, 9.17) is 4.42 Å². The number of benzene rings is 1. The molecule has 0 fully saturated rings. The lowest BCUT2D eigenvalue weighted by atomic mass is 10.1. The van der Waals surface area contributed by atoms with Gasteiger partial charge in [0.05, 0.1) is 16.9 Å². The lowest BCUT2D eigenvalue weighted by molar-refractivity contribution is 0.486.